The molecular weight excluding hydrogens is 256 g/mol. The van der Waals surface area contributed by atoms with E-state index in [-0.39, 0.29) is 31.0 Å². The van der Waals surface area contributed by atoms with Gasteiger partial charge in [0, 0.05) is 13.0 Å². The molecule has 2 amide bonds. The van der Waals surface area contributed by atoms with Crippen LogP contribution in [0.2, 0.25) is 0 Å². The van der Waals surface area contributed by atoms with Crippen LogP contribution in [-0.4, -0.2) is 47.6 Å². The third kappa shape index (κ3) is 4.06. The number of amides is 2. The van der Waals surface area contributed by atoms with Crippen molar-refractivity contribution in [3.05, 3.63) is 35.9 Å². The molecule has 2 N–H and O–H groups in total. The summed E-state index contributed by atoms with van der Waals surface area (Å²) in [6, 6.07) is 9.37. The van der Waals surface area contributed by atoms with Gasteiger partial charge >= 0.3 is 0 Å². The van der Waals surface area contributed by atoms with Gasteiger partial charge in [0.15, 0.2) is 0 Å². The molecule has 1 fully saturated rings. The lowest BCUT2D eigenvalue weighted by atomic mass is 10.1. The van der Waals surface area contributed by atoms with Crippen molar-refractivity contribution >= 4 is 11.8 Å². The molecule has 0 bridgehead atoms. The number of hydrogen-bond acceptors (Lipinski definition) is 3. The van der Waals surface area contributed by atoms with Crippen molar-refractivity contribution in [2.24, 2.45) is 0 Å². The summed E-state index contributed by atoms with van der Waals surface area (Å²) < 4.78 is 0. The minimum atomic E-state index is -0.317. The maximum atomic E-state index is 11.9. The topological polar surface area (TPSA) is 69.6 Å². The highest BCUT2D eigenvalue weighted by Crippen LogP contribution is 2.09. The van der Waals surface area contributed by atoms with Gasteiger partial charge in [-0.15, -0.1) is 0 Å². The third-order valence-corrected chi connectivity index (χ3v) is 3.42. The minimum Gasteiger partial charge on any atom is -0.394 e. The van der Waals surface area contributed by atoms with Crippen LogP contribution in [0, 0.1) is 0 Å². The molecule has 0 unspecified atom stereocenters. The van der Waals surface area contributed by atoms with E-state index >= 15 is 0 Å². The highest BCUT2D eigenvalue weighted by molar-refractivity contribution is 5.85. The summed E-state index contributed by atoms with van der Waals surface area (Å²) in [6.07, 6.45) is 1.93. The van der Waals surface area contributed by atoms with Crippen molar-refractivity contribution in [1.82, 2.24) is 10.2 Å². The Bertz CT molecular complexity index is 461. The maximum absolute atomic E-state index is 11.9. The van der Waals surface area contributed by atoms with Gasteiger partial charge in [0.05, 0.1) is 19.2 Å². The average molecular weight is 276 g/mol. The zero-order chi connectivity index (χ0) is 14.4. The van der Waals surface area contributed by atoms with E-state index in [1.807, 2.05) is 30.3 Å². The van der Waals surface area contributed by atoms with Crippen LogP contribution in [0.25, 0.3) is 0 Å². The van der Waals surface area contributed by atoms with Crippen molar-refractivity contribution in [2.45, 2.75) is 25.3 Å². The smallest absolute Gasteiger partial charge is 0.239 e. The van der Waals surface area contributed by atoms with E-state index < -0.39 is 0 Å². The summed E-state index contributed by atoms with van der Waals surface area (Å²) in [6.45, 7) is 0.618. The first-order chi connectivity index (χ1) is 9.69. The molecule has 1 aromatic carbocycles. The Morgan fingerprint density at radius 2 is 2.10 bits per heavy atom. The highest BCUT2D eigenvalue weighted by Gasteiger charge is 2.23. The molecule has 1 heterocycles. The van der Waals surface area contributed by atoms with Crippen molar-refractivity contribution in [1.29, 1.82) is 0 Å². The first kappa shape index (κ1) is 14.5. The molecule has 5 nitrogen and oxygen atoms in total. The van der Waals surface area contributed by atoms with E-state index in [0.717, 1.165) is 12.0 Å². The standard InChI is InChI=1S/C15H20N2O3/c18-11-13(9-12-5-2-1-3-6-12)16-14(19)10-17-8-4-7-15(17)20/h1-3,5-6,13,18H,4,7-11H2,(H,16,19)/t13-/m0/s1. The fourth-order valence-corrected chi connectivity index (χ4v) is 2.38. The molecule has 0 saturated carbocycles. The van der Waals surface area contributed by atoms with Crippen LogP contribution in [0.15, 0.2) is 30.3 Å². The van der Waals surface area contributed by atoms with Crippen molar-refractivity contribution in [3.8, 4) is 0 Å². The second-order valence-electron chi connectivity index (χ2n) is 5.06. The van der Waals surface area contributed by atoms with Crippen molar-refractivity contribution in [3.63, 3.8) is 0 Å². The fourth-order valence-electron chi connectivity index (χ4n) is 2.38. The van der Waals surface area contributed by atoms with E-state index in [0.29, 0.717) is 19.4 Å². The van der Waals surface area contributed by atoms with E-state index in [9.17, 15) is 14.7 Å². The molecular formula is C15H20N2O3. The summed E-state index contributed by atoms with van der Waals surface area (Å²) in [5, 5.41) is 12.1. The van der Waals surface area contributed by atoms with Gasteiger partial charge in [-0.25, -0.2) is 0 Å². The largest absolute Gasteiger partial charge is 0.394 e. The Kier molecular flexibility index (Phi) is 5.12. The first-order valence-electron chi connectivity index (χ1n) is 6.91. The van der Waals surface area contributed by atoms with Gasteiger partial charge in [-0.3, -0.25) is 9.59 Å². The molecule has 20 heavy (non-hydrogen) atoms. The normalized spacial score (nSPS) is 16.2. The van der Waals surface area contributed by atoms with Crippen LogP contribution in [0.1, 0.15) is 18.4 Å². The summed E-state index contributed by atoms with van der Waals surface area (Å²) >= 11 is 0. The molecule has 0 spiro atoms. The summed E-state index contributed by atoms with van der Waals surface area (Å²) in [4.78, 5) is 24.9. The molecule has 0 aromatic heterocycles. The van der Waals surface area contributed by atoms with E-state index in [1.54, 1.807) is 4.90 Å². The fraction of sp³-hybridized carbons (Fsp3) is 0.467. The van der Waals surface area contributed by atoms with Gasteiger partial charge in [0.1, 0.15) is 0 Å². The lowest BCUT2D eigenvalue weighted by Gasteiger charge is -2.19. The number of aliphatic hydroxyl groups excluding tert-OH is 1. The molecule has 0 radical (unpaired) electrons. The monoisotopic (exact) mass is 276 g/mol. The second kappa shape index (κ2) is 7.05. The van der Waals surface area contributed by atoms with Crippen LogP contribution in [0.4, 0.5) is 0 Å². The molecule has 1 aliphatic heterocycles. The number of nitrogens with zero attached hydrogens (tertiary/aromatic N) is 1. The van der Waals surface area contributed by atoms with Gasteiger partial charge < -0.3 is 15.3 Å². The number of likely N-dealkylation sites (tertiary alicyclic amines) is 1. The Balaban J connectivity index is 1.83. The van der Waals surface area contributed by atoms with Crippen LogP contribution in [0.5, 0.6) is 0 Å². The first-order valence-corrected chi connectivity index (χ1v) is 6.91. The number of nitrogens with one attached hydrogen (secondary N) is 1. The minimum absolute atomic E-state index is 0.0313. The highest BCUT2D eigenvalue weighted by atomic mass is 16.3. The summed E-state index contributed by atoms with van der Waals surface area (Å²) in [5.41, 5.74) is 1.06. The molecule has 5 heteroatoms. The second-order valence-corrected chi connectivity index (χ2v) is 5.06. The zero-order valence-electron chi connectivity index (χ0n) is 11.4. The summed E-state index contributed by atoms with van der Waals surface area (Å²) in [7, 11) is 0. The average Bonchev–Trinajstić information content (AvgIpc) is 2.84. The number of carbonyl (C=O) groups is 2. The molecule has 1 aromatic rings. The van der Waals surface area contributed by atoms with Gasteiger partial charge in [-0.05, 0) is 18.4 Å². The SMILES string of the molecule is O=C(CN1CCCC1=O)N[C@H](CO)Cc1ccccc1. The molecule has 1 saturated heterocycles. The number of rotatable bonds is 6. The molecule has 2 rings (SSSR count). The van der Waals surface area contributed by atoms with Gasteiger partial charge in [0.2, 0.25) is 11.8 Å². The number of aliphatic hydroxyl groups is 1. The molecule has 0 aliphatic carbocycles. The van der Waals surface area contributed by atoms with Crippen molar-refractivity contribution in [2.75, 3.05) is 19.7 Å². The van der Waals surface area contributed by atoms with E-state index in [4.69, 9.17) is 0 Å². The van der Waals surface area contributed by atoms with Crippen LogP contribution < -0.4 is 5.32 Å². The van der Waals surface area contributed by atoms with Gasteiger partial charge in [-0.1, -0.05) is 30.3 Å². The lowest BCUT2D eigenvalue weighted by molar-refractivity contribution is -0.133. The number of carbonyl (C=O) groups excluding carboxylic acids is 2. The Morgan fingerprint density at radius 1 is 1.35 bits per heavy atom. The number of hydrogen-bond donors (Lipinski definition) is 2. The molecule has 1 aliphatic rings. The zero-order valence-corrected chi connectivity index (χ0v) is 11.4. The van der Waals surface area contributed by atoms with Gasteiger partial charge in [0.25, 0.3) is 0 Å². The predicted octanol–water partition coefficient (Wildman–Crippen LogP) is 0.329. The quantitative estimate of drug-likeness (QED) is 0.786. The maximum Gasteiger partial charge on any atom is 0.239 e. The predicted molar refractivity (Wildman–Crippen MR) is 75.0 cm³/mol. The number of benzene rings is 1. The Morgan fingerprint density at radius 3 is 2.70 bits per heavy atom. The van der Waals surface area contributed by atoms with Crippen molar-refractivity contribution < 1.29 is 14.7 Å². The van der Waals surface area contributed by atoms with Crippen LogP contribution >= 0.6 is 0 Å². The summed E-state index contributed by atoms with van der Waals surface area (Å²) in [5.74, 6) is -0.181. The molecule has 1 atom stereocenters. The van der Waals surface area contributed by atoms with E-state index in [1.165, 1.54) is 0 Å². The van der Waals surface area contributed by atoms with Crippen LogP contribution in [-0.2, 0) is 16.0 Å². The van der Waals surface area contributed by atoms with E-state index in [2.05, 4.69) is 5.32 Å². The lowest BCUT2D eigenvalue weighted by Crippen LogP contribution is -2.44. The van der Waals surface area contributed by atoms with Gasteiger partial charge in [-0.2, -0.15) is 0 Å². The Labute approximate surface area is 118 Å². The molecule has 108 valence electrons. The Hall–Kier alpha value is -1.88. The van der Waals surface area contributed by atoms with Crippen LogP contribution in [0.3, 0.4) is 0 Å². The third-order valence-electron chi connectivity index (χ3n) is 3.42.